The number of esters is 1. The summed E-state index contributed by atoms with van der Waals surface area (Å²) in [6.07, 6.45) is 4.84. The van der Waals surface area contributed by atoms with Crippen molar-refractivity contribution in [2.75, 3.05) is 31.6 Å². The highest BCUT2D eigenvalue weighted by Gasteiger charge is 2.38. The fourth-order valence-corrected chi connectivity index (χ4v) is 3.99. The maximum Gasteiger partial charge on any atom is 0.340 e. The van der Waals surface area contributed by atoms with Crippen LogP contribution >= 0.6 is 0 Å². The van der Waals surface area contributed by atoms with Crippen LogP contribution in [0.3, 0.4) is 0 Å². The molecule has 1 heterocycles. The summed E-state index contributed by atoms with van der Waals surface area (Å²) in [7, 11) is 0. The number of nitrogens with one attached hydrogen (secondary N) is 1. The number of likely N-dealkylation sites (N-methyl/N-ethyl adjacent to an activating group) is 1. The fourth-order valence-electron chi connectivity index (χ4n) is 3.99. The number of amides is 1. The first kappa shape index (κ1) is 20.4. The predicted octanol–water partition coefficient (Wildman–Crippen LogP) is 3.91. The first-order valence-electron chi connectivity index (χ1n) is 9.88. The van der Waals surface area contributed by atoms with Gasteiger partial charge in [-0.25, -0.2) is 4.79 Å². The van der Waals surface area contributed by atoms with Crippen molar-refractivity contribution >= 4 is 17.6 Å². The Bertz CT molecular complexity index is 634. The fraction of sp³-hybridized carbons (Fsp3) is 0.619. The zero-order valence-corrected chi connectivity index (χ0v) is 16.6. The number of quaternary nitrogens is 1. The van der Waals surface area contributed by atoms with E-state index in [0.29, 0.717) is 17.9 Å². The summed E-state index contributed by atoms with van der Waals surface area (Å²) >= 11 is 0. The molecular weight excluding hydrogens is 328 g/mol. The molecule has 0 saturated carbocycles. The van der Waals surface area contributed by atoms with Crippen LogP contribution in [0.1, 0.15) is 62.4 Å². The summed E-state index contributed by atoms with van der Waals surface area (Å²) in [4.78, 5) is 25.4. The van der Waals surface area contributed by atoms with Gasteiger partial charge in [-0.05, 0) is 65.0 Å². The van der Waals surface area contributed by atoms with E-state index in [1.807, 2.05) is 26.0 Å². The lowest BCUT2D eigenvalue weighted by Gasteiger charge is -2.41. The Labute approximate surface area is 157 Å². The standard InChI is InChI=1S/C21H32N2O3/c1-5-23(14-9-7-8-10-15-23)17(4)20(24)22-19-16(3)12-11-13-18(19)21(25)26-6-2/h11-13,17H,5-10,14-15H2,1-4H3/p+1. The molecule has 1 unspecified atom stereocenters. The first-order chi connectivity index (χ1) is 12.4. The second-order valence-electron chi connectivity index (χ2n) is 7.28. The van der Waals surface area contributed by atoms with Crippen LogP contribution in [0, 0.1) is 6.92 Å². The summed E-state index contributed by atoms with van der Waals surface area (Å²) < 4.78 is 5.97. The monoisotopic (exact) mass is 361 g/mol. The summed E-state index contributed by atoms with van der Waals surface area (Å²) in [6, 6.07) is 5.28. The van der Waals surface area contributed by atoms with Gasteiger partial charge in [-0.2, -0.15) is 0 Å². The number of anilines is 1. The smallest absolute Gasteiger partial charge is 0.340 e. The zero-order chi connectivity index (χ0) is 19.2. The molecule has 0 aliphatic carbocycles. The quantitative estimate of drug-likeness (QED) is 0.617. The third-order valence-electron chi connectivity index (χ3n) is 5.80. The number of likely N-dealkylation sites (tertiary alicyclic amines) is 1. The molecule has 2 rings (SSSR count). The lowest BCUT2D eigenvalue weighted by Crippen LogP contribution is -2.59. The number of carbonyl (C=O) groups excluding carboxylic acids is 2. The Balaban J connectivity index is 2.24. The Morgan fingerprint density at radius 2 is 1.81 bits per heavy atom. The van der Waals surface area contributed by atoms with Crippen molar-refractivity contribution in [3.63, 3.8) is 0 Å². The predicted molar refractivity (Wildman–Crippen MR) is 104 cm³/mol. The number of carbonyl (C=O) groups is 2. The molecule has 0 aromatic heterocycles. The van der Waals surface area contributed by atoms with Crippen LogP contribution < -0.4 is 5.32 Å². The molecule has 1 N–H and O–H groups in total. The highest BCUT2D eigenvalue weighted by molar-refractivity contribution is 6.03. The van der Waals surface area contributed by atoms with Crippen molar-refractivity contribution in [1.82, 2.24) is 0 Å². The molecule has 1 aromatic carbocycles. The lowest BCUT2D eigenvalue weighted by molar-refractivity contribution is -0.938. The molecule has 0 bridgehead atoms. The number of ether oxygens (including phenoxy) is 1. The van der Waals surface area contributed by atoms with Gasteiger partial charge in [-0.1, -0.05) is 12.1 Å². The van der Waals surface area contributed by atoms with E-state index < -0.39 is 5.97 Å². The summed E-state index contributed by atoms with van der Waals surface area (Å²) in [5.41, 5.74) is 1.87. The Morgan fingerprint density at radius 3 is 2.38 bits per heavy atom. The lowest BCUT2D eigenvalue weighted by atomic mass is 10.1. The maximum absolute atomic E-state index is 13.1. The minimum Gasteiger partial charge on any atom is -0.462 e. The van der Waals surface area contributed by atoms with Crippen molar-refractivity contribution < 1.29 is 18.8 Å². The van der Waals surface area contributed by atoms with Crippen LogP contribution in [-0.4, -0.2) is 48.6 Å². The minimum absolute atomic E-state index is 0.0198. The zero-order valence-electron chi connectivity index (χ0n) is 16.6. The molecule has 1 amide bonds. The van der Waals surface area contributed by atoms with Crippen molar-refractivity contribution in [2.24, 2.45) is 0 Å². The van der Waals surface area contributed by atoms with Crippen LogP contribution in [0.4, 0.5) is 5.69 Å². The number of rotatable bonds is 6. The molecule has 1 aliphatic rings. The molecular formula is C21H33N2O3+. The van der Waals surface area contributed by atoms with Crippen molar-refractivity contribution in [1.29, 1.82) is 0 Å². The third kappa shape index (κ3) is 4.44. The number of hydrogen-bond acceptors (Lipinski definition) is 3. The number of para-hydroxylation sites is 1. The Morgan fingerprint density at radius 1 is 1.15 bits per heavy atom. The second kappa shape index (κ2) is 9.17. The summed E-state index contributed by atoms with van der Waals surface area (Å²) in [5, 5.41) is 3.04. The van der Waals surface area contributed by atoms with Gasteiger partial charge >= 0.3 is 5.97 Å². The number of benzene rings is 1. The number of hydrogen-bond donors (Lipinski definition) is 1. The normalized spacial score (nSPS) is 17.8. The van der Waals surface area contributed by atoms with Gasteiger partial charge in [0, 0.05) is 0 Å². The van der Waals surface area contributed by atoms with E-state index in [1.54, 1.807) is 13.0 Å². The molecule has 1 aliphatic heterocycles. The van der Waals surface area contributed by atoms with E-state index in [0.717, 1.165) is 29.7 Å². The van der Waals surface area contributed by atoms with Gasteiger partial charge in [0.25, 0.3) is 5.91 Å². The second-order valence-corrected chi connectivity index (χ2v) is 7.28. The third-order valence-corrected chi connectivity index (χ3v) is 5.80. The summed E-state index contributed by atoms with van der Waals surface area (Å²) in [6.45, 7) is 11.2. The Hall–Kier alpha value is -1.88. The molecule has 5 heteroatoms. The molecule has 5 nitrogen and oxygen atoms in total. The van der Waals surface area contributed by atoms with Gasteiger partial charge in [0.2, 0.25) is 0 Å². The van der Waals surface area contributed by atoms with E-state index >= 15 is 0 Å². The molecule has 0 radical (unpaired) electrons. The van der Waals surface area contributed by atoms with Crippen molar-refractivity contribution in [3.05, 3.63) is 29.3 Å². The maximum atomic E-state index is 13.1. The van der Waals surface area contributed by atoms with Crippen molar-refractivity contribution in [2.45, 2.75) is 59.4 Å². The molecule has 26 heavy (non-hydrogen) atoms. The SMILES string of the molecule is CCOC(=O)c1cccc(C)c1NC(=O)C(C)[N+]1(CC)CCCCCC1. The van der Waals surface area contributed by atoms with Gasteiger partial charge in [0.1, 0.15) is 0 Å². The van der Waals surface area contributed by atoms with Crippen LogP contribution in [0.15, 0.2) is 18.2 Å². The largest absolute Gasteiger partial charge is 0.462 e. The minimum atomic E-state index is -0.395. The van der Waals surface area contributed by atoms with Gasteiger partial charge in [-0.3, -0.25) is 4.79 Å². The van der Waals surface area contributed by atoms with E-state index in [4.69, 9.17) is 4.74 Å². The van der Waals surface area contributed by atoms with Crippen LogP contribution in [-0.2, 0) is 9.53 Å². The summed E-state index contributed by atoms with van der Waals surface area (Å²) in [5.74, 6) is -0.415. The molecule has 1 fully saturated rings. The Kier molecular flexibility index (Phi) is 7.21. The molecule has 1 atom stereocenters. The first-order valence-corrected chi connectivity index (χ1v) is 9.88. The van der Waals surface area contributed by atoms with Crippen molar-refractivity contribution in [3.8, 4) is 0 Å². The van der Waals surface area contributed by atoms with E-state index in [2.05, 4.69) is 12.2 Å². The average molecular weight is 362 g/mol. The highest BCUT2D eigenvalue weighted by atomic mass is 16.5. The highest BCUT2D eigenvalue weighted by Crippen LogP contribution is 2.26. The average Bonchev–Trinajstić information content (AvgIpc) is 2.89. The number of aryl methyl sites for hydroxylation is 1. The molecule has 1 saturated heterocycles. The van der Waals surface area contributed by atoms with Crippen LogP contribution in [0.5, 0.6) is 0 Å². The van der Waals surface area contributed by atoms with E-state index in [-0.39, 0.29) is 11.9 Å². The van der Waals surface area contributed by atoms with Gasteiger partial charge < -0.3 is 14.5 Å². The van der Waals surface area contributed by atoms with Gasteiger partial charge in [-0.15, -0.1) is 0 Å². The van der Waals surface area contributed by atoms with Crippen LogP contribution in [0.2, 0.25) is 0 Å². The molecule has 0 spiro atoms. The van der Waals surface area contributed by atoms with Gasteiger partial charge in [0.05, 0.1) is 37.5 Å². The molecule has 1 aromatic rings. The van der Waals surface area contributed by atoms with Crippen LogP contribution in [0.25, 0.3) is 0 Å². The molecule has 144 valence electrons. The van der Waals surface area contributed by atoms with E-state index in [9.17, 15) is 9.59 Å². The van der Waals surface area contributed by atoms with Gasteiger partial charge in [0.15, 0.2) is 6.04 Å². The number of nitrogens with zero attached hydrogens (tertiary/aromatic N) is 1. The van der Waals surface area contributed by atoms with E-state index in [1.165, 1.54) is 25.7 Å². The topological polar surface area (TPSA) is 55.4 Å².